The second kappa shape index (κ2) is 5.87. The quantitative estimate of drug-likeness (QED) is 0.827. The van der Waals surface area contributed by atoms with Gasteiger partial charge < -0.3 is 4.74 Å². The van der Waals surface area contributed by atoms with E-state index in [4.69, 9.17) is 4.74 Å². The summed E-state index contributed by atoms with van der Waals surface area (Å²) in [6.45, 7) is 6.31. The molecule has 0 aliphatic heterocycles. The predicted octanol–water partition coefficient (Wildman–Crippen LogP) is 3.54. The molecule has 0 aromatic heterocycles. The number of hydrogen-bond acceptors (Lipinski definition) is 2. The molecule has 2 nitrogen and oxygen atoms in total. The van der Waals surface area contributed by atoms with Gasteiger partial charge in [-0.05, 0) is 50.3 Å². The highest BCUT2D eigenvalue weighted by Gasteiger charge is 2.32. The van der Waals surface area contributed by atoms with Crippen molar-refractivity contribution < 1.29 is 9.53 Å². The van der Waals surface area contributed by atoms with Crippen LogP contribution in [0.1, 0.15) is 41.5 Å². The number of ketones is 1. The van der Waals surface area contributed by atoms with E-state index in [0.717, 1.165) is 19.3 Å². The van der Waals surface area contributed by atoms with Crippen molar-refractivity contribution in [3.05, 3.63) is 34.4 Å². The summed E-state index contributed by atoms with van der Waals surface area (Å²) in [5, 5.41) is 0. The van der Waals surface area contributed by atoms with Gasteiger partial charge in [-0.25, -0.2) is 0 Å². The van der Waals surface area contributed by atoms with Crippen molar-refractivity contribution >= 4 is 5.78 Å². The monoisotopic (exact) mass is 260 g/mol. The molecular weight excluding hydrogens is 236 g/mol. The SMILES string of the molecule is COC1CCCC1C(=O)Cc1c(C)cc(C)cc1C. The maximum absolute atomic E-state index is 12.5. The van der Waals surface area contributed by atoms with Gasteiger partial charge in [-0.3, -0.25) is 4.79 Å². The molecule has 1 aliphatic rings. The average molecular weight is 260 g/mol. The Morgan fingerprint density at radius 1 is 1.21 bits per heavy atom. The average Bonchev–Trinajstić information content (AvgIpc) is 2.81. The fraction of sp³-hybridized carbons (Fsp3) is 0.588. The molecule has 0 spiro atoms. The van der Waals surface area contributed by atoms with Gasteiger partial charge in [0, 0.05) is 19.4 Å². The molecule has 1 aromatic carbocycles. The number of benzene rings is 1. The molecule has 1 fully saturated rings. The van der Waals surface area contributed by atoms with Crippen LogP contribution in [0.2, 0.25) is 0 Å². The maximum Gasteiger partial charge on any atom is 0.142 e. The topological polar surface area (TPSA) is 26.3 Å². The Morgan fingerprint density at radius 3 is 2.42 bits per heavy atom. The fourth-order valence-corrected chi connectivity index (χ4v) is 3.37. The highest BCUT2D eigenvalue weighted by atomic mass is 16.5. The maximum atomic E-state index is 12.5. The molecule has 1 aliphatic carbocycles. The lowest BCUT2D eigenvalue weighted by Crippen LogP contribution is -2.26. The molecule has 0 saturated heterocycles. The summed E-state index contributed by atoms with van der Waals surface area (Å²) < 4.78 is 5.44. The van der Waals surface area contributed by atoms with E-state index in [1.165, 1.54) is 22.3 Å². The first-order valence-corrected chi connectivity index (χ1v) is 7.15. The molecule has 0 heterocycles. The zero-order valence-electron chi connectivity index (χ0n) is 12.5. The zero-order valence-corrected chi connectivity index (χ0v) is 12.5. The van der Waals surface area contributed by atoms with Gasteiger partial charge in [0.25, 0.3) is 0 Å². The fourth-order valence-electron chi connectivity index (χ4n) is 3.37. The van der Waals surface area contributed by atoms with Gasteiger partial charge in [-0.15, -0.1) is 0 Å². The van der Waals surface area contributed by atoms with E-state index in [0.29, 0.717) is 12.2 Å². The van der Waals surface area contributed by atoms with Gasteiger partial charge in [0.1, 0.15) is 5.78 Å². The lowest BCUT2D eigenvalue weighted by molar-refractivity contribution is -0.125. The molecule has 0 radical (unpaired) electrons. The summed E-state index contributed by atoms with van der Waals surface area (Å²) in [6.07, 6.45) is 3.82. The Kier molecular flexibility index (Phi) is 4.41. The Balaban J connectivity index is 2.15. The van der Waals surface area contributed by atoms with Crippen LogP contribution in [0.3, 0.4) is 0 Å². The molecule has 104 valence electrons. The van der Waals surface area contributed by atoms with Crippen LogP contribution >= 0.6 is 0 Å². The van der Waals surface area contributed by atoms with Crippen molar-refractivity contribution in [2.45, 2.75) is 52.6 Å². The minimum Gasteiger partial charge on any atom is -0.381 e. The molecule has 0 N–H and O–H groups in total. The van der Waals surface area contributed by atoms with Crippen LogP contribution in [0.4, 0.5) is 0 Å². The normalized spacial score (nSPS) is 22.7. The van der Waals surface area contributed by atoms with E-state index in [1.807, 2.05) is 0 Å². The van der Waals surface area contributed by atoms with Crippen molar-refractivity contribution in [1.82, 2.24) is 0 Å². The van der Waals surface area contributed by atoms with Gasteiger partial charge in [0.05, 0.1) is 6.10 Å². The Hall–Kier alpha value is -1.15. The van der Waals surface area contributed by atoms with E-state index in [1.54, 1.807) is 7.11 Å². The third kappa shape index (κ3) is 3.06. The highest BCUT2D eigenvalue weighted by molar-refractivity contribution is 5.84. The van der Waals surface area contributed by atoms with Gasteiger partial charge in [0.15, 0.2) is 0 Å². The van der Waals surface area contributed by atoms with Crippen LogP contribution in [-0.2, 0) is 16.0 Å². The van der Waals surface area contributed by atoms with Crippen molar-refractivity contribution in [1.29, 1.82) is 0 Å². The van der Waals surface area contributed by atoms with Crippen molar-refractivity contribution in [2.75, 3.05) is 7.11 Å². The van der Waals surface area contributed by atoms with Crippen molar-refractivity contribution in [3.63, 3.8) is 0 Å². The van der Waals surface area contributed by atoms with Crippen LogP contribution in [0, 0.1) is 26.7 Å². The standard InChI is InChI=1S/C17H24O2/c1-11-8-12(2)15(13(3)9-11)10-16(18)14-6-5-7-17(14)19-4/h8-9,14,17H,5-7,10H2,1-4H3. The van der Waals surface area contributed by atoms with E-state index in [9.17, 15) is 4.79 Å². The van der Waals surface area contributed by atoms with E-state index >= 15 is 0 Å². The number of carbonyl (C=O) groups is 1. The molecule has 0 amide bonds. The molecule has 1 aromatic rings. The number of ether oxygens (including phenoxy) is 1. The first-order chi connectivity index (χ1) is 9.02. The first kappa shape index (κ1) is 14.3. The summed E-state index contributed by atoms with van der Waals surface area (Å²) in [4.78, 5) is 12.5. The number of rotatable bonds is 4. The summed E-state index contributed by atoms with van der Waals surface area (Å²) in [5.41, 5.74) is 4.94. The number of Topliss-reactive ketones (excluding diaryl/α,β-unsaturated/α-hetero) is 1. The summed E-state index contributed by atoms with van der Waals surface area (Å²) in [6, 6.07) is 4.33. The highest BCUT2D eigenvalue weighted by Crippen LogP contribution is 2.30. The lowest BCUT2D eigenvalue weighted by atomic mass is 9.90. The molecule has 2 heteroatoms. The molecule has 0 bridgehead atoms. The van der Waals surface area contributed by atoms with Gasteiger partial charge in [0.2, 0.25) is 0 Å². The summed E-state index contributed by atoms with van der Waals surface area (Å²) in [5.74, 6) is 0.449. The van der Waals surface area contributed by atoms with E-state index < -0.39 is 0 Å². The lowest BCUT2D eigenvalue weighted by Gasteiger charge is -2.18. The molecule has 19 heavy (non-hydrogen) atoms. The molecule has 2 atom stereocenters. The Morgan fingerprint density at radius 2 is 1.84 bits per heavy atom. The van der Waals surface area contributed by atoms with Gasteiger partial charge in [-0.2, -0.15) is 0 Å². The molecule has 2 unspecified atom stereocenters. The second-order valence-corrected chi connectivity index (χ2v) is 5.83. The molecular formula is C17H24O2. The van der Waals surface area contributed by atoms with Crippen molar-refractivity contribution in [3.8, 4) is 0 Å². The second-order valence-electron chi connectivity index (χ2n) is 5.83. The third-order valence-corrected chi connectivity index (χ3v) is 4.36. The minimum atomic E-state index is 0.102. The van der Waals surface area contributed by atoms with Crippen LogP contribution in [0.25, 0.3) is 0 Å². The summed E-state index contributed by atoms with van der Waals surface area (Å²) >= 11 is 0. The van der Waals surface area contributed by atoms with Crippen LogP contribution in [0.15, 0.2) is 12.1 Å². The van der Waals surface area contributed by atoms with Gasteiger partial charge in [-0.1, -0.05) is 24.1 Å². The smallest absolute Gasteiger partial charge is 0.142 e. The van der Waals surface area contributed by atoms with E-state index in [-0.39, 0.29) is 12.0 Å². The first-order valence-electron chi connectivity index (χ1n) is 7.15. The molecule has 1 saturated carbocycles. The van der Waals surface area contributed by atoms with Crippen LogP contribution < -0.4 is 0 Å². The largest absolute Gasteiger partial charge is 0.381 e. The van der Waals surface area contributed by atoms with E-state index in [2.05, 4.69) is 32.9 Å². The number of carbonyl (C=O) groups excluding carboxylic acids is 1. The van der Waals surface area contributed by atoms with Gasteiger partial charge >= 0.3 is 0 Å². The Bertz CT molecular complexity index is 453. The van der Waals surface area contributed by atoms with Crippen LogP contribution in [0.5, 0.6) is 0 Å². The van der Waals surface area contributed by atoms with Crippen molar-refractivity contribution in [2.24, 2.45) is 5.92 Å². The number of hydrogen-bond donors (Lipinski definition) is 0. The van der Waals surface area contributed by atoms with Crippen LogP contribution in [-0.4, -0.2) is 19.0 Å². The number of aryl methyl sites for hydroxylation is 3. The summed E-state index contributed by atoms with van der Waals surface area (Å²) in [7, 11) is 1.72. The molecule has 2 rings (SSSR count). The minimum absolute atomic E-state index is 0.102. The Labute approximate surface area is 116 Å². The predicted molar refractivity (Wildman–Crippen MR) is 77.5 cm³/mol. The third-order valence-electron chi connectivity index (χ3n) is 4.36. The number of methoxy groups -OCH3 is 1. The zero-order chi connectivity index (χ0) is 14.0.